The summed E-state index contributed by atoms with van der Waals surface area (Å²) in [4.78, 5) is 0. The Balaban J connectivity index is 2.39. The lowest BCUT2D eigenvalue weighted by atomic mass is 10.1. The van der Waals surface area contributed by atoms with Crippen LogP contribution in [-0.4, -0.2) is 18.6 Å². The van der Waals surface area contributed by atoms with Crippen LogP contribution in [-0.2, 0) is 6.54 Å². The molecule has 0 aliphatic carbocycles. The molecular weight excluding hydrogens is 276 g/mol. The van der Waals surface area contributed by atoms with Crippen LogP contribution >= 0.6 is 15.9 Å². The Hall–Kier alpha value is -0.380. The van der Waals surface area contributed by atoms with E-state index >= 15 is 0 Å². The lowest BCUT2D eigenvalue weighted by Crippen LogP contribution is -2.38. The molecule has 1 rings (SSSR count). The maximum atomic E-state index is 3.54. The van der Waals surface area contributed by atoms with Gasteiger partial charge in [0.1, 0.15) is 0 Å². The maximum Gasteiger partial charge on any atom is 0.0211 e. The van der Waals surface area contributed by atoms with E-state index < -0.39 is 0 Å². The van der Waals surface area contributed by atoms with Crippen molar-refractivity contribution in [2.24, 2.45) is 0 Å². The summed E-state index contributed by atoms with van der Waals surface area (Å²) in [6.07, 6.45) is 0. The minimum absolute atomic E-state index is 0.487. The molecule has 0 heterocycles. The van der Waals surface area contributed by atoms with Gasteiger partial charge in [0.2, 0.25) is 0 Å². The second kappa shape index (κ2) is 7.14. The van der Waals surface area contributed by atoms with Crippen molar-refractivity contribution >= 4 is 15.9 Å². The Bertz CT molecular complexity index is 350. The first-order valence-electron chi connectivity index (χ1n) is 6.21. The molecule has 96 valence electrons. The van der Waals surface area contributed by atoms with Crippen molar-refractivity contribution in [3.05, 3.63) is 33.8 Å². The number of halogens is 1. The van der Waals surface area contributed by atoms with Crippen molar-refractivity contribution in [1.29, 1.82) is 0 Å². The minimum Gasteiger partial charge on any atom is -0.313 e. The van der Waals surface area contributed by atoms with Gasteiger partial charge >= 0.3 is 0 Å². The van der Waals surface area contributed by atoms with E-state index in [2.05, 4.69) is 72.5 Å². The average Bonchev–Trinajstić information content (AvgIpc) is 2.25. The molecule has 0 saturated heterocycles. The van der Waals surface area contributed by atoms with Crippen molar-refractivity contribution in [2.45, 2.75) is 46.3 Å². The summed E-state index contributed by atoms with van der Waals surface area (Å²) < 4.78 is 1.15. The number of nitrogens with one attached hydrogen (secondary N) is 2. The third-order valence-electron chi connectivity index (χ3n) is 2.78. The van der Waals surface area contributed by atoms with E-state index in [0.717, 1.165) is 17.6 Å². The highest BCUT2D eigenvalue weighted by Gasteiger charge is 2.04. The van der Waals surface area contributed by atoms with E-state index in [4.69, 9.17) is 0 Å². The molecule has 1 aromatic carbocycles. The topological polar surface area (TPSA) is 24.1 Å². The van der Waals surface area contributed by atoms with Crippen molar-refractivity contribution in [3.63, 3.8) is 0 Å². The SMILES string of the molecule is Cc1cc(Br)ccc1CNC(C)CNC(C)C. The van der Waals surface area contributed by atoms with Crippen LogP contribution in [0.2, 0.25) is 0 Å². The van der Waals surface area contributed by atoms with Gasteiger partial charge in [-0.1, -0.05) is 35.8 Å². The fourth-order valence-corrected chi connectivity index (χ4v) is 2.10. The lowest BCUT2D eigenvalue weighted by Gasteiger charge is -2.17. The highest BCUT2D eigenvalue weighted by molar-refractivity contribution is 9.10. The summed E-state index contributed by atoms with van der Waals surface area (Å²) in [5, 5.41) is 6.97. The van der Waals surface area contributed by atoms with E-state index in [1.165, 1.54) is 11.1 Å². The average molecular weight is 299 g/mol. The lowest BCUT2D eigenvalue weighted by molar-refractivity contribution is 0.473. The predicted octanol–water partition coefficient (Wildman–Crippen LogP) is 3.23. The van der Waals surface area contributed by atoms with Crippen molar-refractivity contribution in [1.82, 2.24) is 10.6 Å². The summed E-state index contributed by atoms with van der Waals surface area (Å²) in [7, 11) is 0. The molecule has 2 N–H and O–H groups in total. The molecule has 1 atom stereocenters. The third kappa shape index (κ3) is 5.66. The number of hydrogen-bond donors (Lipinski definition) is 2. The molecule has 0 radical (unpaired) electrons. The molecule has 0 bridgehead atoms. The summed E-state index contributed by atoms with van der Waals surface area (Å²) in [6.45, 7) is 10.6. The fraction of sp³-hybridized carbons (Fsp3) is 0.571. The van der Waals surface area contributed by atoms with Gasteiger partial charge < -0.3 is 10.6 Å². The number of aryl methyl sites for hydroxylation is 1. The van der Waals surface area contributed by atoms with E-state index in [1.807, 2.05) is 0 Å². The monoisotopic (exact) mass is 298 g/mol. The number of benzene rings is 1. The first kappa shape index (κ1) is 14.7. The summed E-state index contributed by atoms with van der Waals surface area (Å²) in [6, 6.07) is 7.47. The molecular formula is C14H23BrN2. The molecule has 0 aliphatic heterocycles. The fourth-order valence-electron chi connectivity index (χ4n) is 1.63. The second-order valence-electron chi connectivity index (χ2n) is 4.92. The Morgan fingerprint density at radius 2 is 1.88 bits per heavy atom. The second-order valence-corrected chi connectivity index (χ2v) is 5.83. The van der Waals surface area contributed by atoms with Crippen LogP contribution in [0.4, 0.5) is 0 Å². The molecule has 0 aliphatic rings. The maximum absolute atomic E-state index is 3.54. The molecule has 0 fully saturated rings. The van der Waals surface area contributed by atoms with Gasteiger partial charge in [-0.3, -0.25) is 0 Å². The van der Waals surface area contributed by atoms with Crippen molar-refractivity contribution in [3.8, 4) is 0 Å². The smallest absolute Gasteiger partial charge is 0.0211 e. The summed E-state index contributed by atoms with van der Waals surface area (Å²) in [5.41, 5.74) is 2.69. The molecule has 2 nitrogen and oxygen atoms in total. The van der Waals surface area contributed by atoms with E-state index in [9.17, 15) is 0 Å². The first-order chi connectivity index (χ1) is 7.99. The predicted molar refractivity (Wildman–Crippen MR) is 78.3 cm³/mol. The highest BCUT2D eigenvalue weighted by Crippen LogP contribution is 2.15. The van der Waals surface area contributed by atoms with Crippen LogP contribution in [0.15, 0.2) is 22.7 Å². The van der Waals surface area contributed by atoms with E-state index in [-0.39, 0.29) is 0 Å². The molecule has 17 heavy (non-hydrogen) atoms. The molecule has 0 saturated carbocycles. The van der Waals surface area contributed by atoms with E-state index in [0.29, 0.717) is 12.1 Å². The molecule has 0 amide bonds. The third-order valence-corrected chi connectivity index (χ3v) is 3.27. The summed E-state index contributed by atoms with van der Waals surface area (Å²) in [5.74, 6) is 0. The molecule has 3 heteroatoms. The van der Waals surface area contributed by atoms with Crippen LogP contribution < -0.4 is 10.6 Å². The normalized spacial score (nSPS) is 13.1. The van der Waals surface area contributed by atoms with Crippen LogP contribution in [0, 0.1) is 6.92 Å². The van der Waals surface area contributed by atoms with Crippen LogP contribution in [0.1, 0.15) is 31.9 Å². The van der Waals surface area contributed by atoms with Gasteiger partial charge in [0, 0.05) is 29.6 Å². The van der Waals surface area contributed by atoms with Crippen molar-refractivity contribution < 1.29 is 0 Å². The van der Waals surface area contributed by atoms with Crippen LogP contribution in [0.3, 0.4) is 0 Å². The Morgan fingerprint density at radius 1 is 1.18 bits per heavy atom. The Morgan fingerprint density at radius 3 is 2.47 bits per heavy atom. The molecule has 1 aromatic rings. The minimum atomic E-state index is 0.487. The van der Waals surface area contributed by atoms with E-state index in [1.54, 1.807) is 0 Å². The van der Waals surface area contributed by atoms with Gasteiger partial charge in [-0.25, -0.2) is 0 Å². The van der Waals surface area contributed by atoms with Gasteiger partial charge in [-0.05, 0) is 37.1 Å². The van der Waals surface area contributed by atoms with Gasteiger partial charge in [-0.2, -0.15) is 0 Å². The van der Waals surface area contributed by atoms with Gasteiger partial charge in [0.25, 0.3) is 0 Å². The zero-order chi connectivity index (χ0) is 12.8. The summed E-state index contributed by atoms with van der Waals surface area (Å²) >= 11 is 3.49. The number of rotatable bonds is 6. The highest BCUT2D eigenvalue weighted by atomic mass is 79.9. The molecule has 1 unspecified atom stereocenters. The van der Waals surface area contributed by atoms with Crippen LogP contribution in [0.5, 0.6) is 0 Å². The standard InChI is InChI=1S/C14H23BrN2/c1-10(2)16-8-12(4)17-9-13-5-6-14(15)7-11(13)3/h5-7,10,12,16-17H,8-9H2,1-4H3. The Labute approximate surface area is 113 Å². The van der Waals surface area contributed by atoms with Gasteiger partial charge in [0.05, 0.1) is 0 Å². The zero-order valence-corrected chi connectivity index (χ0v) is 12.8. The van der Waals surface area contributed by atoms with Gasteiger partial charge in [0.15, 0.2) is 0 Å². The zero-order valence-electron chi connectivity index (χ0n) is 11.2. The Kier molecular flexibility index (Phi) is 6.17. The molecule has 0 aromatic heterocycles. The van der Waals surface area contributed by atoms with Gasteiger partial charge in [-0.15, -0.1) is 0 Å². The quantitative estimate of drug-likeness (QED) is 0.842. The van der Waals surface area contributed by atoms with Crippen molar-refractivity contribution in [2.75, 3.05) is 6.54 Å². The first-order valence-corrected chi connectivity index (χ1v) is 7.00. The van der Waals surface area contributed by atoms with Crippen LogP contribution in [0.25, 0.3) is 0 Å². The largest absolute Gasteiger partial charge is 0.313 e. The molecule has 0 spiro atoms. The number of hydrogen-bond acceptors (Lipinski definition) is 2.